The predicted molar refractivity (Wildman–Crippen MR) is 158 cm³/mol. The first-order valence-corrected chi connectivity index (χ1v) is 14.5. The van der Waals surface area contributed by atoms with E-state index >= 15 is 0 Å². The minimum Gasteiger partial charge on any atom is -0.481 e. The van der Waals surface area contributed by atoms with Gasteiger partial charge in [0.05, 0.1) is 12.5 Å². The topological polar surface area (TPSA) is 313 Å². The molecule has 0 aromatic carbocycles. The number of hydrogen-bond acceptors (Lipinski definition) is 10. The SMILES string of the molecule is CC(C)C[C@H](NC(=O)[C@@H](C)N)C(=O)NCCC(=O)N[C@@H](C)C(=O)N[C@@H](CC(=O)O)C(=O)N[C@@H](CCC(=O)N[C@@H](C)C(=O)O)C(=O)O. The van der Waals surface area contributed by atoms with Gasteiger partial charge in [-0.05, 0) is 39.5 Å². The highest BCUT2D eigenvalue weighted by atomic mass is 16.4. The predicted octanol–water partition coefficient (Wildman–Crippen LogP) is -3.23. The second kappa shape index (κ2) is 20.3. The van der Waals surface area contributed by atoms with E-state index in [4.69, 9.17) is 10.8 Å². The summed E-state index contributed by atoms with van der Waals surface area (Å²) >= 11 is 0. The van der Waals surface area contributed by atoms with Crippen LogP contribution in [0.2, 0.25) is 0 Å². The van der Waals surface area contributed by atoms with Gasteiger partial charge in [-0.2, -0.15) is 0 Å². The molecule has 0 fully saturated rings. The van der Waals surface area contributed by atoms with Gasteiger partial charge in [0.1, 0.15) is 30.2 Å². The molecule has 11 N–H and O–H groups in total. The van der Waals surface area contributed by atoms with Crippen molar-refractivity contribution in [2.45, 2.75) is 103 Å². The highest BCUT2D eigenvalue weighted by Crippen LogP contribution is 2.06. The average Bonchev–Trinajstić information content (AvgIpc) is 2.93. The second-order valence-corrected chi connectivity index (χ2v) is 11.0. The number of aliphatic carboxylic acids is 3. The van der Waals surface area contributed by atoms with Crippen LogP contribution < -0.4 is 37.6 Å². The number of carboxylic acids is 3. The molecule has 0 aliphatic carbocycles. The van der Waals surface area contributed by atoms with Gasteiger partial charge in [-0.1, -0.05) is 13.8 Å². The largest absolute Gasteiger partial charge is 0.481 e. The van der Waals surface area contributed by atoms with Gasteiger partial charge < -0.3 is 53.0 Å². The van der Waals surface area contributed by atoms with Crippen molar-refractivity contribution in [1.82, 2.24) is 31.9 Å². The van der Waals surface area contributed by atoms with Crippen molar-refractivity contribution in [2.75, 3.05) is 6.54 Å². The summed E-state index contributed by atoms with van der Waals surface area (Å²) in [6, 6.07) is -7.72. The number of carbonyl (C=O) groups excluding carboxylic acids is 6. The first-order valence-electron chi connectivity index (χ1n) is 14.5. The lowest BCUT2D eigenvalue weighted by Gasteiger charge is -2.22. The summed E-state index contributed by atoms with van der Waals surface area (Å²) in [5.41, 5.74) is 5.54. The minimum atomic E-state index is -1.77. The Morgan fingerprint density at radius 1 is 0.587 bits per heavy atom. The quantitative estimate of drug-likeness (QED) is 0.0580. The molecule has 0 aromatic heterocycles. The zero-order chi connectivity index (χ0) is 35.7. The summed E-state index contributed by atoms with van der Waals surface area (Å²) in [4.78, 5) is 108. The van der Waals surface area contributed by atoms with Crippen molar-refractivity contribution >= 4 is 53.4 Å². The van der Waals surface area contributed by atoms with Crippen LogP contribution in [0.25, 0.3) is 0 Å². The van der Waals surface area contributed by atoms with E-state index in [0.29, 0.717) is 6.42 Å². The smallest absolute Gasteiger partial charge is 0.326 e. The summed E-state index contributed by atoms with van der Waals surface area (Å²) in [6.07, 6.45) is -1.89. The maximum absolute atomic E-state index is 12.7. The molecule has 0 rings (SSSR count). The van der Waals surface area contributed by atoms with Crippen molar-refractivity contribution < 1.29 is 58.5 Å². The first-order chi connectivity index (χ1) is 21.2. The van der Waals surface area contributed by atoms with Gasteiger partial charge in [0, 0.05) is 19.4 Å². The van der Waals surface area contributed by atoms with E-state index in [1.165, 1.54) is 20.8 Å². The Labute approximate surface area is 265 Å². The molecule has 0 saturated heterocycles. The maximum Gasteiger partial charge on any atom is 0.326 e. The summed E-state index contributed by atoms with van der Waals surface area (Å²) in [5, 5.41) is 41.2. The lowest BCUT2D eigenvalue weighted by Crippen LogP contribution is -2.56. The summed E-state index contributed by atoms with van der Waals surface area (Å²) in [5.74, 6) is -9.12. The Hall–Kier alpha value is -4.81. The zero-order valence-electron chi connectivity index (χ0n) is 26.4. The Morgan fingerprint density at radius 3 is 1.61 bits per heavy atom. The summed E-state index contributed by atoms with van der Waals surface area (Å²) in [6.45, 7) is 7.42. The third-order valence-corrected chi connectivity index (χ3v) is 6.21. The van der Waals surface area contributed by atoms with Crippen LogP contribution in [-0.4, -0.2) is 111 Å². The normalized spacial score (nSPS) is 14.7. The van der Waals surface area contributed by atoms with Crippen molar-refractivity contribution in [3.8, 4) is 0 Å². The van der Waals surface area contributed by atoms with Gasteiger partial charge in [-0.15, -0.1) is 0 Å². The van der Waals surface area contributed by atoms with E-state index in [-0.39, 0.29) is 18.9 Å². The second-order valence-electron chi connectivity index (χ2n) is 11.0. The molecule has 0 radical (unpaired) electrons. The Kier molecular flexibility index (Phi) is 18.1. The van der Waals surface area contributed by atoms with E-state index in [0.717, 1.165) is 0 Å². The van der Waals surface area contributed by atoms with Crippen molar-refractivity contribution in [1.29, 1.82) is 0 Å². The van der Waals surface area contributed by atoms with Crippen LogP contribution in [0.3, 0.4) is 0 Å². The molecule has 6 amide bonds. The van der Waals surface area contributed by atoms with E-state index < -0.39 is 109 Å². The van der Waals surface area contributed by atoms with Gasteiger partial charge in [0.25, 0.3) is 0 Å². The fourth-order valence-electron chi connectivity index (χ4n) is 3.67. The minimum absolute atomic E-state index is 0.0507. The fourth-order valence-corrected chi connectivity index (χ4v) is 3.67. The lowest BCUT2D eigenvalue weighted by molar-refractivity contribution is -0.144. The lowest BCUT2D eigenvalue weighted by atomic mass is 10.0. The number of hydrogen-bond donors (Lipinski definition) is 10. The van der Waals surface area contributed by atoms with Crippen LogP contribution in [0.1, 0.15) is 66.7 Å². The Balaban J connectivity index is 5.14. The summed E-state index contributed by atoms with van der Waals surface area (Å²) < 4.78 is 0. The van der Waals surface area contributed by atoms with Crippen molar-refractivity contribution in [3.05, 3.63) is 0 Å². The number of carboxylic acid groups (broad SMARTS) is 3. The van der Waals surface area contributed by atoms with Crippen molar-refractivity contribution in [2.24, 2.45) is 11.7 Å². The third-order valence-electron chi connectivity index (χ3n) is 6.21. The van der Waals surface area contributed by atoms with Crippen molar-refractivity contribution in [3.63, 3.8) is 0 Å². The monoisotopic (exact) mass is 659 g/mol. The van der Waals surface area contributed by atoms with Crippen LogP contribution in [0.5, 0.6) is 0 Å². The molecule has 19 heteroatoms. The molecular formula is C27H45N7O12. The number of nitrogens with one attached hydrogen (secondary N) is 6. The molecule has 19 nitrogen and oxygen atoms in total. The van der Waals surface area contributed by atoms with E-state index in [2.05, 4.69) is 26.6 Å². The van der Waals surface area contributed by atoms with Gasteiger partial charge in [0.2, 0.25) is 35.4 Å². The molecule has 0 aromatic rings. The number of rotatable bonds is 21. The third kappa shape index (κ3) is 16.9. The van der Waals surface area contributed by atoms with Gasteiger partial charge in [-0.25, -0.2) is 4.79 Å². The van der Waals surface area contributed by atoms with E-state index in [1.807, 2.05) is 19.2 Å². The Morgan fingerprint density at radius 2 is 1.11 bits per heavy atom. The van der Waals surface area contributed by atoms with Crippen LogP contribution in [-0.2, 0) is 43.2 Å². The zero-order valence-corrected chi connectivity index (χ0v) is 26.4. The standard InChI is InChI=1S/C27H45N7O12/c1-12(2)10-17(33-22(39)13(3)28)24(41)29-9-8-20(36)30-14(4)23(40)34-18(11-21(37)38)25(42)32-16(27(45)46)6-7-19(35)31-15(5)26(43)44/h12-18H,6-11,28H2,1-5H3,(H,29,41)(H,30,36)(H,31,35)(H,32,42)(H,33,39)(H,34,40)(H,37,38)(H,43,44)(H,45,46)/t13-,14+,15+,16+,17+,18+/m1/s1. The molecular weight excluding hydrogens is 614 g/mol. The molecule has 0 unspecified atom stereocenters. The summed E-state index contributed by atoms with van der Waals surface area (Å²) in [7, 11) is 0. The van der Waals surface area contributed by atoms with E-state index in [1.54, 1.807) is 0 Å². The van der Waals surface area contributed by atoms with Crippen LogP contribution in [0.4, 0.5) is 0 Å². The highest BCUT2D eigenvalue weighted by Gasteiger charge is 2.30. The maximum atomic E-state index is 12.7. The molecule has 260 valence electrons. The van der Waals surface area contributed by atoms with E-state index in [9.17, 15) is 53.4 Å². The average molecular weight is 660 g/mol. The molecule has 0 spiro atoms. The molecule has 6 atom stereocenters. The highest BCUT2D eigenvalue weighted by molar-refractivity contribution is 5.95. The molecule has 46 heavy (non-hydrogen) atoms. The van der Waals surface area contributed by atoms with Gasteiger partial charge in [-0.3, -0.25) is 38.4 Å². The molecule has 0 saturated carbocycles. The first kappa shape index (κ1) is 41.2. The van der Waals surface area contributed by atoms with Gasteiger partial charge in [0.15, 0.2) is 0 Å². The van der Waals surface area contributed by atoms with Crippen LogP contribution in [0, 0.1) is 5.92 Å². The molecule has 0 bridgehead atoms. The molecule has 0 aliphatic rings. The molecule has 0 aliphatic heterocycles. The van der Waals surface area contributed by atoms with Crippen LogP contribution in [0.15, 0.2) is 0 Å². The van der Waals surface area contributed by atoms with Gasteiger partial charge >= 0.3 is 17.9 Å². The van der Waals surface area contributed by atoms with Crippen LogP contribution >= 0.6 is 0 Å². The number of amides is 6. The number of nitrogens with two attached hydrogens (primary N) is 1. The Bertz CT molecular complexity index is 1140. The fraction of sp³-hybridized carbons (Fsp3) is 0.667. The number of carbonyl (C=O) groups is 9. The molecule has 0 heterocycles.